The van der Waals surface area contributed by atoms with Crippen LogP contribution in [0.25, 0.3) is 0 Å². The normalized spacial score (nSPS) is 23.0. The van der Waals surface area contributed by atoms with Crippen molar-refractivity contribution in [3.63, 3.8) is 0 Å². The smallest absolute Gasteiger partial charge is 0.323 e. The molecule has 0 aliphatic heterocycles. The summed E-state index contributed by atoms with van der Waals surface area (Å²) >= 11 is 0. The van der Waals surface area contributed by atoms with Crippen LogP contribution in [0.1, 0.15) is 37.3 Å². The second-order valence-electron chi connectivity index (χ2n) is 6.37. The molecule has 0 fully saturated rings. The van der Waals surface area contributed by atoms with E-state index < -0.39 is 11.5 Å². The molecule has 0 saturated carbocycles. The highest BCUT2D eigenvalue weighted by Gasteiger charge is 2.28. The van der Waals surface area contributed by atoms with E-state index in [1.54, 1.807) is 7.11 Å². The zero-order valence-electron chi connectivity index (χ0n) is 14.0. The van der Waals surface area contributed by atoms with E-state index in [4.69, 9.17) is 15.6 Å². The molecule has 23 heavy (non-hydrogen) atoms. The zero-order chi connectivity index (χ0) is 17.0. The summed E-state index contributed by atoms with van der Waals surface area (Å²) in [5.41, 5.74) is 6.72. The van der Waals surface area contributed by atoms with Crippen LogP contribution >= 0.6 is 0 Å². The summed E-state index contributed by atoms with van der Waals surface area (Å²) in [6, 6.07) is 8.08. The van der Waals surface area contributed by atoms with Crippen LogP contribution in [0.15, 0.2) is 48.3 Å². The maximum atomic E-state index is 11.1. The van der Waals surface area contributed by atoms with Gasteiger partial charge in [0.2, 0.25) is 0 Å². The van der Waals surface area contributed by atoms with Gasteiger partial charge in [0.15, 0.2) is 0 Å². The van der Waals surface area contributed by atoms with Crippen molar-refractivity contribution in [2.24, 2.45) is 11.7 Å². The number of rotatable bonds is 6. The van der Waals surface area contributed by atoms with Crippen LogP contribution in [0.2, 0.25) is 0 Å². The first kappa shape index (κ1) is 17.3. The van der Waals surface area contributed by atoms with E-state index in [0.29, 0.717) is 18.3 Å². The van der Waals surface area contributed by atoms with Gasteiger partial charge in [-0.3, -0.25) is 4.79 Å². The van der Waals surface area contributed by atoms with E-state index in [1.165, 1.54) is 12.5 Å². The molecule has 4 nitrogen and oxygen atoms in total. The van der Waals surface area contributed by atoms with E-state index in [-0.39, 0.29) is 0 Å². The summed E-state index contributed by atoms with van der Waals surface area (Å²) in [5, 5.41) is 9.12. The quantitative estimate of drug-likeness (QED) is 0.845. The minimum absolute atomic E-state index is 0.314. The van der Waals surface area contributed by atoms with Gasteiger partial charge in [-0.05, 0) is 42.5 Å². The number of benzene rings is 1. The van der Waals surface area contributed by atoms with Crippen molar-refractivity contribution in [3.05, 3.63) is 59.4 Å². The molecular formula is C19H25NO3. The van der Waals surface area contributed by atoms with Crippen molar-refractivity contribution in [1.82, 2.24) is 0 Å². The van der Waals surface area contributed by atoms with Crippen LogP contribution in [0.4, 0.5) is 0 Å². The van der Waals surface area contributed by atoms with E-state index in [2.05, 4.69) is 31.2 Å². The van der Waals surface area contributed by atoms with Crippen molar-refractivity contribution in [3.8, 4) is 0 Å². The summed E-state index contributed by atoms with van der Waals surface area (Å²) in [4.78, 5) is 11.1. The maximum Gasteiger partial charge on any atom is 0.323 e. The van der Waals surface area contributed by atoms with Gasteiger partial charge in [0, 0.05) is 12.3 Å². The number of hydrogen-bond donors (Lipinski definition) is 2. The molecule has 4 heteroatoms. The van der Waals surface area contributed by atoms with Crippen LogP contribution in [-0.2, 0) is 16.0 Å². The van der Waals surface area contributed by atoms with Crippen LogP contribution in [-0.4, -0.2) is 23.7 Å². The van der Waals surface area contributed by atoms with Gasteiger partial charge in [-0.1, -0.05) is 37.3 Å². The molecule has 0 bridgehead atoms. The first-order chi connectivity index (χ1) is 10.9. The Balaban J connectivity index is 2.15. The second kappa shape index (κ2) is 7.01. The van der Waals surface area contributed by atoms with Crippen LogP contribution in [0.5, 0.6) is 0 Å². The predicted octanol–water partition coefficient (Wildman–Crippen LogP) is 3.24. The second-order valence-corrected chi connectivity index (χ2v) is 6.37. The topological polar surface area (TPSA) is 72.5 Å². The van der Waals surface area contributed by atoms with Gasteiger partial charge < -0.3 is 15.6 Å². The third kappa shape index (κ3) is 4.02. The first-order valence-electron chi connectivity index (χ1n) is 7.92. The molecule has 0 radical (unpaired) electrons. The minimum atomic E-state index is -1.24. The predicted molar refractivity (Wildman–Crippen MR) is 91.1 cm³/mol. The van der Waals surface area contributed by atoms with Crippen molar-refractivity contribution in [2.45, 2.75) is 38.1 Å². The molecule has 3 N–H and O–H groups in total. The molecule has 124 valence electrons. The Labute approximate surface area is 137 Å². The molecule has 0 heterocycles. The Morgan fingerprint density at radius 2 is 2.00 bits per heavy atom. The highest BCUT2D eigenvalue weighted by Crippen LogP contribution is 2.34. The largest absolute Gasteiger partial charge is 0.497 e. The fraction of sp³-hybridized carbons (Fsp3) is 0.421. The number of nitrogens with two attached hydrogens (primary N) is 1. The molecule has 2 rings (SSSR count). The summed E-state index contributed by atoms with van der Waals surface area (Å²) in [5.74, 6) is 0.640. The molecule has 0 amide bonds. The molecular weight excluding hydrogens is 290 g/mol. The highest BCUT2D eigenvalue weighted by atomic mass is 16.5. The third-order valence-corrected chi connectivity index (χ3v) is 4.44. The Morgan fingerprint density at radius 1 is 1.35 bits per heavy atom. The Hall–Kier alpha value is -2.07. The van der Waals surface area contributed by atoms with Gasteiger partial charge in [-0.2, -0.15) is 0 Å². The van der Waals surface area contributed by atoms with Gasteiger partial charge in [-0.25, -0.2) is 0 Å². The number of ether oxygens (including phenoxy) is 1. The highest BCUT2D eigenvalue weighted by molar-refractivity contribution is 5.78. The van der Waals surface area contributed by atoms with Gasteiger partial charge in [0.1, 0.15) is 11.3 Å². The van der Waals surface area contributed by atoms with Gasteiger partial charge in [0.05, 0.1) is 7.11 Å². The fourth-order valence-corrected chi connectivity index (χ4v) is 2.93. The Bertz CT molecular complexity index is 614. The number of methoxy groups -OCH3 is 1. The van der Waals surface area contributed by atoms with Crippen molar-refractivity contribution >= 4 is 5.97 Å². The summed E-state index contributed by atoms with van der Waals surface area (Å²) < 4.78 is 5.31. The van der Waals surface area contributed by atoms with Gasteiger partial charge >= 0.3 is 5.97 Å². The van der Waals surface area contributed by atoms with Crippen molar-refractivity contribution < 1.29 is 14.6 Å². The molecule has 0 saturated heterocycles. The van der Waals surface area contributed by atoms with Crippen LogP contribution in [0.3, 0.4) is 0 Å². The molecule has 1 aliphatic carbocycles. The van der Waals surface area contributed by atoms with Crippen LogP contribution in [0, 0.1) is 5.92 Å². The van der Waals surface area contributed by atoms with Crippen LogP contribution < -0.4 is 5.73 Å². The van der Waals surface area contributed by atoms with E-state index in [9.17, 15) is 4.79 Å². The average Bonchev–Trinajstić information content (AvgIpc) is 2.54. The van der Waals surface area contributed by atoms with E-state index in [1.807, 2.05) is 18.2 Å². The molecule has 1 aromatic carbocycles. The lowest BCUT2D eigenvalue weighted by Gasteiger charge is -2.25. The van der Waals surface area contributed by atoms with Gasteiger partial charge in [-0.15, -0.1) is 0 Å². The Kier molecular flexibility index (Phi) is 5.26. The lowest BCUT2D eigenvalue weighted by atomic mass is 9.80. The lowest BCUT2D eigenvalue weighted by molar-refractivity contribution is -0.142. The summed E-state index contributed by atoms with van der Waals surface area (Å²) in [6.07, 6.45) is 7.69. The first-order valence-corrected chi connectivity index (χ1v) is 7.92. The number of carboxylic acids is 1. The zero-order valence-corrected chi connectivity index (χ0v) is 14.0. The molecule has 3 atom stereocenters. The number of hydrogen-bond acceptors (Lipinski definition) is 3. The number of carboxylic acid groups (broad SMARTS) is 1. The maximum absolute atomic E-state index is 11.1. The third-order valence-electron chi connectivity index (χ3n) is 4.44. The molecule has 3 unspecified atom stereocenters. The average molecular weight is 315 g/mol. The van der Waals surface area contributed by atoms with Crippen molar-refractivity contribution in [1.29, 1.82) is 0 Å². The molecule has 1 aliphatic rings. The number of allylic oxidation sites excluding steroid dienone is 3. The van der Waals surface area contributed by atoms with Gasteiger partial charge in [0.25, 0.3) is 0 Å². The molecule has 1 aromatic rings. The summed E-state index contributed by atoms with van der Waals surface area (Å²) in [6.45, 7) is 3.71. The molecule has 0 aromatic heterocycles. The SMILES string of the molecule is CCC1C=C(OC)C=CC1c1ccc(CC(C)(N)C(=O)O)cc1. The number of aliphatic carboxylic acids is 1. The van der Waals surface area contributed by atoms with E-state index >= 15 is 0 Å². The Morgan fingerprint density at radius 3 is 2.52 bits per heavy atom. The molecule has 0 spiro atoms. The van der Waals surface area contributed by atoms with Crippen molar-refractivity contribution in [2.75, 3.05) is 7.11 Å². The standard InChI is InChI=1S/C19H25NO3/c1-4-14-11-16(23-3)9-10-17(14)15-7-5-13(6-8-15)12-19(2,20)18(21)22/h5-11,14,17H,4,12,20H2,1-3H3,(H,21,22). The lowest BCUT2D eigenvalue weighted by Crippen LogP contribution is -2.46. The number of carbonyl (C=O) groups is 1. The monoisotopic (exact) mass is 315 g/mol. The van der Waals surface area contributed by atoms with E-state index in [0.717, 1.165) is 17.7 Å². The summed E-state index contributed by atoms with van der Waals surface area (Å²) in [7, 11) is 1.68. The minimum Gasteiger partial charge on any atom is -0.497 e. The fourth-order valence-electron chi connectivity index (χ4n) is 2.93.